The molecule has 2 aliphatic rings. The summed E-state index contributed by atoms with van der Waals surface area (Å²) in [6, 6.07) is 14.1. The summed E-state index contributed by atoms with van der Waals surface area (Å²) in [5.74, 6) is -0.133. The van der Waals surface area contributed by atoms with E-state index >= 15 is 0 Å². The van der Waals surface area contributed by atoms with Crippen LogP contribution in [-0.2, 0) is 4.74 Å². The molecule has 29 heavy (non-hydrogen) atoms. The van der Waals surface area contributed by atoms with Crippen LogP contribution in [0.2, 0.25) is 0 Å². The van der Waals surface area contributed by atoms with Gasteiger partial charge in [0.25, 0.3) is 0 Å². The smallest absolute Gasteiger partial charge is 0.111 e. The largest absolute Gasteiger partial charge is 0.394 e. The van der Waals surface area contributed by atoms with Crippen molar-refractivity contribution in [2.75, 3.05) is 6.61 Å². The Morgan fingerprint density at radius 3 is 2.41 bits per heavy atom. The van der Waals surface area contributed by atoms with Crippen LogP contribution in [0.1, 0.15) is 22.8 Å². The van der Waals surface area contributed by atoms with E-state index in [0.717, 1.165) is 10.4 Å². The Balaban J connectivity index is 1.86. The monoisotopic (exact) mass is 414 g/mol. The van der Waals surface area contributed by atoms with Gasteiger partial charge in [0.2, 0.25) is 0 Å². The van der Waals surface area contributed by atoms with Gasteiger partial charge >= 0.3 is 0 Å². The molecule has 2 aromatic rings. The maximum absolute atomic E-state index is 11.0. The van der Waals surface area contributed by atoms with Crippen LogP contribution in [0.5, 0.6) is 0 Å². The van der Waals surface area contributed by atoms with Crippen LogP contribution >= 0.6 is 11.3 Å². The van der Waals surface area contributed by atoms with E-state index in [0.29, 0.717) is 6.42 Å². The predicted molar refractivity (Wildman–Crippen MR) is 112 cm³/mol. The fraction of sp³-hybridized carbons (Fsp3) is 0.391. The molecule has 5 nitrogen and oxygen atoms in total. The molecule has 1 aliphatic carbocycles. The molecule has 0 bridgehead atoms. The third kappa shape index (κ3) is 3.61. The normalized spacial score (nSPS) is 35.5. The average Bonchev–Trinajstić information content (AvgIpc) is 3.28. The van der Waals surface area contributed by atoms with Crippen LogP contribution in [-0.4, -0.2) is 57.6 Å². The second-order valence-corrected chi connectivity index (χ2v) is 8.69. The van der Waals surface area contributed by atoms with E-state index < -0.39 is 42.5 Å². The molecule has 1 aliphatic heterocycles. The third-order valence-electron chi connectivity index (χ3n) is 6.05. The van der Waals surface area contributed by atoms with Gasteiger partial charge in [-0.15, -0.1) is 11.3 Å². The van der Waals surface area contributed by atoms with E-state index in [1.165, 1.54) is 0 Å². The number of aliphatic hydroxyl groups is 4. The van der Waals surface area contributed by atoms with Crippen molar-refractivity contribution in [2.24, 2.45) is 5.41 Å². The number of benzene rings is 1. The lowest BCUT2D eigenvalue weighted by atomic mass is 9.62. The maximum Gasteiger partial charge on any atom is 0.111 e. The van der Waals surface area contributed by atoms with Crippen LogP contribution in [0, 0.1) is 5.41 Å². The summed E-state index contributed by atoms with van der Waals surface area (Å²) < 4.78 is 6.08. The summed E-state index contributed by atoms with van der Waals surface area (Å²) in [6.07, 6.45) is 2.74. The number of aliphatic hydroxyl groups excluding tert-OH is 4. The van der Waals surface area contributed by atoms with E-state index in [-0.39, 0.29) is 5.92 Å². The van der Waals surface area contributed by atoms with Gasteiger partial charge in [-0.1, -0.05) is 60.7 Å². The molecule has 0 radical (unpaired) electrons. The van der Waals surface area contributed by atoms with Crippen molar-refractivity contribution >= 4 is 11.3 Å². The number of thiophene rings is 1. The van der Waals surface area contributed by atoms with Crippen molar-refractivity contribution in [1.29, 1.82) is 0 Å². The maximum atomic E-state index is 11.0. The van der Waals surface area contributed by atoms with Gasteiger partial charge in [-0.3, -0.25) is 0 Å². The summed E-state index contributed by atoms with van der Waals surface area (Å²) in [4.78, 5) is 1.12. The molecule has 3 unspecified atom stereocenters. The van der Waals surface area contributed by atoms with E-state index in [2.05, 4.69) is 18.2 Å². The Bertz CT molecular complexity index is 847. The molecule has 1 fully saturated rings. The van der Waals surface area contributed by atoms with Gasteiger partial charge in [0.1, 0.15) is 24.4 Å². The Morgan fingerprint density at radius 1 is 1.00 bits per heavy atom. The van der Waals surface area contributed by atoms with Crippen LogP contribution in [0.3, 0.4) is 0 Å². The molecule has 1 aromatic heterocycles. The molecule has 2 heterocycles. The van der Waals surface area contributed by atoms with Crippen LogP contribution < -0.4 is 0 Å². The lowest BCUT2D eigenvalue weighted by molar-refractivity contribution is -0.252. The van der Waals surface area contributed by atoms with Crippen LogP contribution in [0.15, 0.2) is 72.1 Å². The van der Waals surface area contributed by atoms with Gasteiger partial charge in [-0.25, -0.2) is 0 Å². The number of hydrogen-bond acceptors (Lipinski definition) is 6. The zero-order chi connectivity index (χ0) is 20.4. The topological polar surface area (TPSA) is 90.2 Å². The molecule has 0 amide bonds. The first kappa shape index (κ1) is 20.5. The van der Waals surface area contributed by atoms with Crippen molar-refractivity contribution in [2.45, 2.75) is 42.9 Å². The van der Waals surface area contributed by atoms with Gasteiger partial charge in [0, 0.05) is 16.2 Å². The summed E-state index contributed by atoms with van der Waals surface area (Å²) in [6.45, 7) is -0.438. The Kier molecular flexibility index (Phi) is 6.01. The molecule has 4 rings (SSSR count). The zero-order valence-corrected chi connectivity index (χ0v) is 16.7. The highest BCUT2D eigenvalue weighted by Crippen LogP contribution is 2.53. The van der Waals surface area contributed by atoms with Gasteiger partial charge in [0.05, 0.1) is 12.7 Å². The number of hydrogen-bond donors (Lipinski definition) is 4. The summed E-state index contributed by atoms with van der Waals surface area (Å²) in [5, 5.41) is 43.4. The Labute approximate surface area is 174 Å². The molecule has 1 aromatic carbocycles. The Morgan fingerprint density at radius 2 is 1.79 bits per heavy atom. The Hall–Kier alpha value is -1.80. The van der Waals surface area contributed by atoms with Crippen LogP contribution in [0.4, 0.5) is 0 Å². The van der Waals surface area contributed by atoms with Crippen molar-refractivity contribution in [3.63, 3.8) is 0 Å². The molecule has 0 spiro atoms. The fourth-order valence-electron chi connectivity index (χ4n) is 4.63. The quantitative estimate of drug-likeness (QED) is 0.602. The zero-order valence-electron chi connectivity index (χ0n) is 15.9. The van der Waals surface area contributed by atoms with E-state index in [4.69, 9.17) is 4.74 Å². The first-order chi connectivity index (χ1) is 14.1. The van der Waals surface area contributed by atoms with Crippen LogP contribution in [0.25, 0.3) is 0 Å². The van der Waals surface area contributed by atoms with Gasteiger partial charge in [-0.2, -0.15) is 0 Å². The molecule has 7 atom stereocenters. The molecule has 1 saturated heterocycles. The number of rotatable bonds is 5. The molecule has 0 saturated carbocycles. The predicted octanol–water partition coefficient (Wildman–Crippen LogP) is 2.22. The average molecular weight is 415 g/mol. The molecule has 6 heteroatoms. The van der Waals surface area contributed by atoms with Crippen molar-refractivity contribution in [3.05, 3.63) is 82.6 Å². The van der Waals surface area contributed by atoms with Crippen molar-refractivity contribution < 1.29 is 25.2 Å². The first-order valence-electron chi connectivity index (χ1n) is 9.81. The highest BCUT2D eigenvalue weighted by Gasteiger charge is 2.55. The van der Waals surface area contributed by atoms with Gasteiger partial charge < -0.3 is 25.2 Å². The van der Waals surface area contributed by atoms with Crippen molar-refractivity contribution in [3.8, 4) is 0 Å². The number of allylic oxidation sites excluding steroid dienone is 3. The lowest BCUT2D eigenvalue weighted by Crippen LogP contribution is -2.63. The highest BCUT2D eigenvalue weighted by molar-refractivity contribution is 7.10. The first-order valence-corrected chi connectivity index (χ1v) is 10.7. The van der Waals surface area contributed by atoms with Gasteiger partial charge in [-0.05, 0) is 23.4 Å². The fourth-order valence-corrected chi connectivity index (χ4v) is 5.59. The minimum absolute atomic E-state index is 0.133. The summed E-state index contributed by atoms with van der Waals surface area (Å²) in [7, 11) is 0. The number of ether oxygens (including phenoxy) is 1. The molecule has 4 N–H and O–H groups in total. The van der Waals surface area contributed by atoms with E-state index in [1.54, 1.807) is 11.3 Å². The second-order valence-electron chi connectivity index (χ2n) is 7.71. The van der Waals surface area contributed by atoms with Gasteiger partial charge in [0.15, 0.2) is 0 Å². The van der Waals surface area contributed by atoms with E-state index in [9.17, 15) is 20.4 Å². The third-order valence-corrected chi connectivity index (χ3v) is 6.98. The highest BCUT2D eigenvalue weighted by atomic mass is 32.1. The summed E-state index contributed by atoms with van der Waals surface area (Å²) in [5.41, 5.74) is 0.376. The minimum atomic E-state index is -1.40. The van der Waals surface area contributed by atoms with E-state index in [1.807, 2.05) is 53.9 Å². The second kappa shape index (κ2) is 8.52. The molecular weight excluding hydrogens is 388 g/mol. The molecule has 154 valence electrons. The lowest BCUT2D eigenvalue weighted by Gasteiger charge is -2.51. The molecular formula is C23H26O5S. The standard InChI is InChI=1S/C23H26O5S/c24-14-16-19(25)20(26)21(27)22(28-16)23(11-5-2-6-12-23)18(17-10-7-13-29-17)15-8-3-1-4-9-15/h1-11,13,16,18-22,24-27H,12,14H2/t16-,18?,19-,20+,21-,22?,23?/m1/s1. The SMILES string of the molecule is OC[C@H]1OC(C2(C(c3ccccc3)c3cccs3)C=CC=CC2)[C@H](O)[C@@H](O)[C@@H]1O. The summed E-state index contributed by atoms with van der Waals surface area (Å²) >= 11 is 1.63. The minimum Gasteiger partial charge on any atom is -0.394 e. The van der Waals surface area contributed by atoms with Crippen molar-refractivity contribution in [1.82, 2.24) is 0 Å².